The molecule has 0 atom stereocenters. The number of Topliss-reactive ketones (excluding diaryl/α,β-unsaturated/α-hetero) is 1. The zero-order chi connectivity index (χ0) is 20.5. The number of nitrogens with one attached hydrogen (secondary N) is 2. The highest BCUT2D eigenvalue weighted by Crippen LogP contribution is 2.22. The third kappa shape index (κ3) is 5.38. The lowest BCUT2D eigenvalue weighted by Gasteiger charge is -2.16. The summed E-state index contributed by atoms with van der Waals surface area (Å²) in [7, 11) is 1.77. The number of carbonyl (C=O) groups excluding carboxylic acids is 2. The average molecular weight is 373 g/mol. The molecule has 0 spiro atoms. The number of benzene rings is 2. The van der Waals surface area contributed by atoms with Crippen LogP contribution >= 0.6 is 0 Å². The van der Waals surface area contributed by atoms with Crippen molar-refractivity contribution in [1.82, 2.24) is 5.32 Å². The number of ketones is 2. The lowest BCUT2D eigenvalue weighted by Crippen LogP contribution is -2.21. The van der Waals surface area contributed by atoms with Crippen LogP contribution in [-0.2, 0) is 0 Å². The van der Waals surface area contributed by atoms with Crippen LogP contribution in [-0.4, -0.2) is 24.8 Å². The van der Waals surface area contributed by atoms with Crippen molar-refractivity contribution in [3.63, 3.8) is 0 Å². The number of rotatable bonds is 5. The molecule has 0 amide bonds. The van der Waals surface area contributed by atoms with E-state index in [4.69, 9.17) is 0 Å². The van der Waals surface area contributed by atoms with E-state index in [1.807, 2.05) is 31.2 Å². The van der Waals surface area contributed by atoms with E-state index in [1.165, 1.54) is 6.08 Å². The summed E-state index contributed by atoms with van der Waals surface area (Å²) in [6.07, 6.45) is 4.55. The van der Waals surface area contributed by atoms with E-state index < -0.39 is 0 Å². The van der Waals surface area contributed by atoms with Gasteiger partial charge in [0.1, 0.15) is 5.82 Å². The van der Waals surface area contributed by atoms with Crippen molar-refractivity contribution in [1.29, 1.82) is 0 Å². The predicted molar refractivity (Wildman–Crippen MR) is 115 cm³/mol. The minimum Gasteiger partial charge on any atom is -0.374 e. The van der Waals surface area contributed by atoms with Crippen LogP contribution in [0.3, 0.4) is 0 Å². The smallest absolute Gasteiger partial charge is 0.210 e. The molecular weight excluding hydrogens is 350 g/mol. The Kier molecular flexibility index (Phi) is 7.22. The molecule has 5 nitrogen and oxygen atoms in total. The highest BCUT2D eigenvalue weighted by molar-refractivity contribution is 6.25. The summed E-state index contributed by atoms with van der Waals surface area (Å²) in [5, 5.41) is 5.78. The van der Waals surface area contributed by atoms with Crippen molar-refractivity contribution in [2.45, 2.75) is 6.92 Å². The standard InChI is InChI=1S/C17H13NO2.C6H10N2/c1-11-6-8-12(9-7-11)18-15-10-16(19)13-4-2-3-5-14(13)17(15)20;1-4-5-8-6(2)7-3/h2-10,18H,1H3;4-5,7H,1-2H2,3H3/b;8-5-. The lowest BCUT2D eigenvalue weighted by atomic mass is 9.92. The van der Waals surface area contributed by atoms with Crippen LogP contribution in [0.25, 0.3) is 0 Å². The molecule has 0 radical (unpaired) electrons. The van der Waals surface area contributed by atoms with E-state index in [0.717, 1.165) is 11.3 Å². The lowest BCUT2D eigenvalue weighted by molar-refractivity contribution is 0.0985. The largest absolute Gasteiger partial charge is 0.374 e. The second-order valence-electron chi connectivity index (χ2n) is 6.00. The zero-order valence-electron chi connectivity index (χ0n) is 16.0. The second-order valence-corrected chi connectivity index (χ2v) is 6.00. The molecule has 0 unspecified atom stereocenters. The van der Waals surface area contributed by atoms with Crippen LogP contribution in [0, 0.1) is 6.92 Å². The normalized spacial score (nSPS) is 12.4. The molecule has 1 aliphatic rings. The highest BCUT2D eigenvalue weighted by atomic mass is 16.1. The number of allylic oxidation sites excluding steroid dienone is 3. The fourth-order valence-electron chi connectivity index (χ4n) is 2.41. The van der Waals surface area contributed by atoms with Crippen molar-refractivity contribution in [3.05, 3.63) is 102 Å². The minimum absolute atomic E-state index is 0.144. The molecule has 0 heterocycles. The maximum absolute atomic E-state index is 12.4. The van der Waals surface area contributed by atoms with Gasteiger partial charge in [-0.05, 0) is 19.1 Å². The Morgan fingerprint density at radius 1 is 1.04 bits per heavy atom. The van der Waals surface area contributed by atoms with Crippen LogP contribution < -0.4 is 10.6 Å². The van der Waals surface area contributed by atoms with Crippen LogP contribution in [0.4, 0.5) is 5.69 Å². The molecule has 2 aromatic carbocycles. The monoisotopic (exact) mass is 373 g/mol. The molecule has 0 saturated heterocycles. The van der Waals surface area contributed by atoms with Gasteiger partial charge in [-0.3, -0.25) is 9.59 Å². The Morgan fingerprint density at radius 3 is 2.29 bits per heavy atom. The first-order valence-corrected chi connectivity index (χ1v) is 8.71. The van der Waals surface area contributed by atoms with E-state index in [9.17, 15) is 9.59 Å². The van der Waals surface area contributed by atoms with Crippen molar-refractivity contribution in [3.8, 4) is 0 Å². The number of hydrogen-bond donors (Lipinski definition) is 2. The fraction of sp³-hybridized carbons (Fsp3) is 0.0870. The van der Waals surface area contributed by atoms with Crippen LogP contribution in [0.15, 0.2) is 90.4 Å². The number of anilines is 1. The van der Waals surface area contributed by atoms with E-state index in [0.29, 0.717) is 22.6 Å². The Morgan fingerprint density at radius 2 is 1.68 bits per heavy atom. The molecule has 0 bridgehead atoms. The van der Waals surface area contributed by atoms with Gasteiger partial charge >= 0.3 is 0 Å². The first-order chi connectivity index (χ1) is 13.5. The Bertz CT molecular complexity index is 954. The number of nitrogens with zero attached hydrogens (tertiary/aromatic N) is 1. The predicted octanol–water partition coefficient (Wildman–Crippen LogP) is 4.30. The summed E-state index contributed by atoms with van der Waals surface area (Å²) in [6, 6.07) is 14.5. The van der Waals surface area contributed by atoms with Crippen molar-refractivity contribution in [2.75, 3.05) is 12.4 Å². The van der Waals surface area contributed by atoms with Gasteiger partial charge in [0.15, 0.2) is 5.78 Å². The summed E-state index contributed by atoms with van der Waals surface area (Å²) in [5.74, 6) is 0.348. The molecule has 0 saturated carbocycles. The average Bonchev–Trinajstić information content (AvgIpc) is 2.72. The maximum atomic E-state index is 12.4. The first-order valence-electron chi connectivity index (χ1n) is 8.71. The summed E-state index contributed by atoms with van der Waals surface area (Å²) in [6.45, 7) is 9.00. The molecule has 0 fully saturated rings. The van der Waals surface area contributed by atoms with Crippen LogP contribution in [0.2, 0.25) is 0 Å². The molecule has 2 aromatic rings. The molecule has 1 aliphatic carbocycles. The Labute approximate surface area is 165 Å². The van der Waals surface area contributed by atoms with Gasteiger partial charge in [-0.15, -0.1) is 0 Å². The molecule has 28 heavy (non-hydrogen) atoms. The number of aryl methyl sites for hydroxylation is 1. The van der Waals surface area contributed by atoms with Gasteiger partial charge in [0.2, 0.25) is 5.78 Å². The molecule has 0 aromatic heterocycles. The van der Waals surface area contributed by atoms with Crippen LogP contribution in [0.5, 0.6) is 0 Å². The van der Waals surface area contributed by atoms with E-state index in [-0.39, 0.29) is 11.6 Å². The summed E-state index contributed by atoms with van der Waals surface area (Å²) >= 11 is 0. The van der Waals surface area contributed by atoms with Crippen molar-refractivity contribution < 1.29 is 9.59 Å². The molecule has 2 N–H and O–H groups in total. The van der Waals surface area contributed by atoms with Crippen LogP contribution in [0.1, 0.15) is 26.3 Å². The van der Waals surface area contributed by atoms with Gasteiger partial charge in [-0.1, -0.05) is 61.2 Å². The highest BCUT2D eigenvalue weighted by Gasteiger charge is 2.24. The van der Waals surface area contributed by atoms with Gasteiger partial charge in [-0.25, -0.2) is 4.99 Å². The summed E-state index contributed by atoms with van der Waals surface area (Å²) in [5.41, 5.74) is 3.17. The summed E-state index contributed by atoms with van der Waals surface area (Å²) in [4.78, 5) is 28.2. The minimum atomic E-state index is -0.152. The fourth-order valence-corrected chi connectivity index (χ4v) is 2.41. The van der Waals surface area contributed by atoms with Gasteiger partial charge in [0.25, 0.3) is 0 Å². The van der Waals surface area contributed by atoms with Gasteiger partial charge in [-0.2, -0.15) is 0 Å². The molecule has 5 heteroatoms. The van der Waals surface area contributed by atoms with E-state index in [2.05, 4.69) is 28.8 Å². The number of aliphatic imine (C=N–C) groups is 1. The van der Waals surface area contributed by atoms with Crippen molar-refractivity contribution in [2.24, 2.45) is 4.99 Å². The Balaban J connectivity index is 0.000000300. The maximum Gasteiger partial charge on any atom is 0.210 e. The molecule has 0 aliphatic heterocycles. The van der Waals surface area contributed by atoms with Crippen molar-refractivity contribution >= 4 is 23.5 Å². The topological polar surface area (TPSA) is 70.6 Å². The van der Waals surface area contributed by atoms with Gasteiger partial charge in [0, 0.05) is 36.2 Å². The first kappa shape index (κ1) is 20.6. The zero-order valence-corrected chi connectivity index (χ0v) is 16.0. The third-order valence-corrected chi connectivity index (χ3v) is 3.91. The Hall–Kier alpha value is -3.73. The van der Waals surface area contributed by atoms with E-state index in [1.54, 1.807) is 43.6 Å². The molecule has 3 rings (SSSR count). The molecular formula is C23H23N3O2. The SMILES string of the molecule is C=C/C=N\C(=C)NC.Cc1ccc(NC2=CC(=O)c3ccccc3C2=O)cc1. The van der Waals surface area contributed by atoms with Gasteiger partial charge in [0.05, 0.1) is 5.70 Å². The number of carbonyl (C=O) groups is 2. The second kappa shape index (κ2) is 9.83. The summed E-state index contributed by atoms with van der Waals surface area (Å²) < 4.78 is 0. The van der Waals surface area contributed by atoms with E-state index >= 15 is 0 Å². The number of fused-ring (bicyclic) bond motifs is 1. The van der Waals surface area contributed by atoms with Gasteiger partial charge < -0.3 is 10.6 Å². The number of hydrogen-bond acceptors (Lipinski definition) is 5. The molecule has 142 valence electrons. The quantitative estimate of drug-likeness (QED) is 0.767. The third-order valence-electron chi connectivity index (χ3n) is 3.91.